The van der Waals surface area contributed by atoms with Gasteiger partial charge in [0.2, 0.25) is 5.90 Å². The number of ether oxygens (including phenoxy) is 2. The smallest absolute Gasteiger partial charge is 0.266 e. The van der Waals surface area contributed by atoms with Gasteiger partial charge in [0.05, 0.1) is 27.3 Å². The summed E-state index contributed by atoms with van der Waals surface area (Å²) in [5, 5.41) is 9.83. The number of benzene rings is 4. The number of carbonyl (C=O) groups is 1. The fourth-order valence-electron chi connectivity index (χ4n) is 5.02. The van der Waals surface area contributed by atoms with Crippen LogP contribution in [0.5, 0.6) is 5.75 Å². The van der Waals surface area contributed by atoms with Gasteiger partial charge in [0, 0.05) is 31.6 Å². The third-order valence-corrected chi connectivity index (χ3v) is 9.94. The molecule has 1 heterocycles. The number of sulfone groups is 1. The summed E-state index contributed by atoms with van der Waals surface area (Å²) in [7, 11) is -3.78. The average molecular weight is 683 g/mol. The largest absolute Gasteiger partial charge is 0.494 e. The van der Waals surface area contributed by atoms with Crippen molar-refractivity contribution in [2.24, 2.45) is 4.99 Å². The fraction of sp³-hybridized carbons (Fsp3) is 0.235. The number of aliphatic hydroxyl groups excluding tert-OH is 1. The van der Waals surface area contributed by atoms with Crippen molar-refractivity contribution in [3.05, 3.63) is 130 Å². The highest BCUT2D eigenvalue weighted by Gasteiger charge is 2.53. The maximum atomic E-state index is 14.3. The third-order valence-electron chi connectivity index (χ3n) is 7.46. The number of aliphatic imine (C=N–C) groups is 1. The van der Waals surface area contributed by atoms with Crippen LogP contribution in [0.4, 0.5) is 0 Å². The number of amides is 1. The molecule has 1 amide bonds. The zero-order valence-electron chi connectivity index (χ0n) is 24.7. The lowest BCUT2D eigenvalue weighted by atomic mass is 9.85. The second-order valence-electron chi connectivity index (χ2n) is 10.6. The van der Waals surface area contributed by atoms with E-state index in [1.165, 1.54) is 12.1 Å². The Bertz CT molecular complexity index is 1770. The van der Waals surface area contributed by atoms with E-state index in [2.05, 4.69) is 10.9 Å². The monoisotopic (exact) mass is 681 g/mol. The van der Waals surface area contributed by atoms with Gasteiger partial charge in [-0.1, -0.05) is 77.8 Å². The number of rotatable bonds is 14. The minimum absolute atomic E-state index is 0.0239. The number of nitrogens with one attached hydrogen (secondary N) is 2. The summed E-state index contributed by atoms with van der Waals surface area (Å²) >= 11 is 12.2. The van der Waals surface area contributed by atoms with Crippen molar-refractivity contribution in [1.29, 1.82) is 0 Å². The molecule has 0 bridgehead atoms. The summed E-state index contributed by atoms with van der Waals surface area (Å²) < 4.78 is 39.0. The predicted octanol–water partition coefficient (Wildman–Crippen LogP) is 5.70. The molecule has 1 aliphatic rings. The molecular weight excluding hydrogens is 649 g/mol. The third kappa shape index (κ3) is 7.89. The van der Waals surface area contributed by atoms with E-state index in [1.807, 2.05) is 30.3 Å². The van der Waals surface area contributed by atoms with Crippen LogP contribution in [0.2, 0.25) is 10.0 Å². The Morgan fingerprint density at radius 3 is 2.30 bits per heavy atom. The van der Waals surface area contributed by atoms with E-state index in [1.54, 1.807) is 60.7 Å². The van der Waals surface area contributed by atoms with Crippen LogP contribution >= 0.6 is 23.2 Å². The van der Waals surface area contributed by atoms with Gasteiger partial charge in [-0.15, -0.1) is 0 Å². The molecule has 0 aliphatic carbocycles. The summed E-state index contributed by atoms with van der Waals surface area (Å²) in [5.74, 6) is -0.144. The maximum Gasteiger partial charge on any atom is 0.266 e. The zero-order chi connectivity index (χ0) is 32.6. The lowest BCUT2D eigenvalue weighted by molar-refractivity contribution is -0.130. The standard InChI is InChI=1S/C34H33Cl2N3O6S/c35-29-17-12-24(22-30(29)36)23-37-39-33(41)34(18-21-46(42,43)28-10-5-2-6-11-28)31(25-8-3-1-4-9-25)45-32(38-34)26-13-15-27(16-14-26)44-20-7-19-40/h1-6,8-17,22,31,37,40H,7,18-21,23H2,(H,39,41)/t31-,34-/m0/s1. The first-order chi connectivity index (χ1) is 22.2. The van der Waals surface area contributed by atoms with E-state index >= 15 is 0 Å². The lowest BCUT2D eigenvalue weighted by Crippen LogP contribution is -2.53. The highest BCUT2D eigenvalue weighted by molar-refractivity contribution is 7.91. The van der Waals surface area contributed by atoms with Crippen molar-refractivity contribution in [3.8, 4) is 5.75 Å². The quantitative estimate of drug-likeness (QED) is 0.115. The summed E-state index contributed by atoms with van der Waals surface area (Å²) in [5.41, 5.74) is 6.01. The molecule has 3 N–H and O–H groups in total. The highest BCUT2D eigenvalue weighted by atomic mass is 35.5. The van der Waals surface area contributed by atoms with E-state index in [0.29, 0.717) is 39.9 Å². The lowest BCUT2D eigenvalue weighted by Gasteiger charge is -2.30. The summed E-state index contributed by atoms with van der Waals surface area (Å²) in [6.07, 6.45) is -0.614. The molecule has 5 rings (SSSR count). The molecule has 9 nitrogen and oxygen atoms in total. The molecule has 0 saturated heterocycles. The van der Waals surface area contributed by atoms with Crippen LogP contribution in [0.3, 0.4) is 0 Å². The number of halogens is 2. The minimum Gasteiger partial charge on any atom is -0.494 e. The molecule has 46 heavy (non-hydrogen) atoms. The van der Waals surface area contributed by atoms with Gasteiger partial charge >= 0.3 is 0 Å². The number of hydrogen-bond donors (Lipinski definition) is 3. The molecular formula is C34H33Cl2N3O6S. The summed E-state index contributed by atoms with van der Waals surface area (Å²) in [6.45, 7) is 0.597. The first kappa shape index (κ1) is 33.4. The molecule has 2 atom stereocenters. The second-order valence-corrected chi connectivity index (χ2v) is 13.6. The van der Waals surface area contributed by atoms with E-state index in [0.717, 1.165) is 5.56 Å². The Labute approximate surface area is 278 Å². The number of aliphatic hydroxyl groups is 1. The van der Waals surface area contributed by atoms with Crippen molar-refractivity contribution in [3.63, 3.8) is 0 Å². The van der Waals surface area contributed by atoms with Crippen LogP contribution in [0, 0.1) is 0 Å². The first-order valence-electron chi connectivity index (χ1n) is 14.6. The van der Waals surface area contributed by atoms with Crippen molar-refractivity contribution in [2.75, 3.05) is 19.0 Å². The van der Waals surface area contributed by atoms with Gasteiger partial charge in [0.15, 0.2) is 21.5 Å². The van der Waals surface area contributed by atoms with Crippen LogP contribution in [-0.4, -0.2) is 49.8 Å². The van der Waals surface area contributed by atoms with Gasteiger partial charge in [-0.05, 0) is 59.7 Å². The minimum atomic E-state index is -3.78. The molecule has 0 spiro atoms. The van der Waals surface area contributed by atoms with Crippen LogP contribution < -0.4 is 15.6 Å². The Kier molecular flexibility index (Phi) is 11.0. The maximum absolute atomic E-state index is 14.3. The van der Waals surface area contributed by atoms with Crippen molar-refractivity contribution in [1.82, 2.24) is 10.9 Å². The molecule has 0 aromatic heterocycles. The van der Waals surface area contributed by atoms with Crippen LogP contribution in [0.1, 0.15) is 35.6 Å². The van der Waals surface area contributed by atoms with E-state index in [-0.39, 0.29) is 36.1 Å². The topological polar surface area (TPSA) is 126 Å². The zero-order valence-corrected chi connectivity index (χ0v) is 27.1. The molecule has 1 aliphatic heterocycles. The molecule has 0 saturated carbocycles. The number of nitrogens with zero attached hydrogens (tertiary/aromatic N) is 1. The summed E-state index contributed by atoms with van der Waals surface area (Å²) in [6, 6.07) is 29.3. The van der Waals surface area contributed by atoms with E-state index < -0.39 is 27.4 Å². The highest BCUT2D eigenvalue weighted by Crippen LogP contribution is 2.43. The van der Waals surface area contributed by atoms with Crippen LogP contribution in [0.25, 0.3) is 0 Å². The molecule has 4 aromatic carbocycles. The van der Waals surface area contributed by atoms with Gasteiger partial charge in [-0.2, -0.15) is 0 Å². The Hall–Kier alpha value is -3.93. The van der Waals surface area contributed by atoms with E-state index in [4.69, 9.17) is 42.8 Å². The van der Waals surface area contributed by atoms with Crippen molar-refractivity contribution < 1.29 is 27.8 Å². The van der Waals surface area contributed by atoms with Gasteiger partial charge in [-0.3, -0.25) is 10.2 Å². The van der Waals surface area contributed by atoms with Gasteiger partial charge in [-0.25, -0.2) is 18.8 Å². The first-order valence-corrected chi connectivity index (χ1v) is 17.0. The Morgan fingerprint density at radius 2 is 1.63 bits per heavy atom. The SMILES string of the molecule is O=C(NNCc1ccc(Cl)c(Cl)c1)[C@@]1(CCS(=O)(=O)c2ccccc2)N=C(c2ccc(OCCCO)cc2)O[C@H]1c1ccccc1. The van der Waals surface area contributed by atoms with Crippen LogP contribution in [0.15, 0.2) is 113 Å². The number of carbonyl (C=O) groups excluding carboxylic acids is 1. The fourth-order valence-corrected chi connectivity index (χ4v) is 6.73. The Balaban J connectivity index is 1.49. The molecule has 4 aromatic rings. The molecule has 0 radical (unpaired) electrons. The Morgan fingerprint density at radius 1 is 0.935 bits per heavy atom. The summed E-state index contributed by atoms with van der Waals surface area (Å²) in [4.78, 5) is 19.3. The molecule has 240 valence electrons. The van der Waals surface area contributed by atoms with Crippen molar-refractivity contribution >= 4 is 44.8 Å². The average Bonchev–Trinajstić information content (AvgIpc) is 3.48. The van der Waals surface area contributed by atoms with Gasteiger partial charge < -0.3 is 14.6 Å². The normalized spacial score (nSPS) is 17.6. The molecule has 12 heteroatoms. The predicted molar refractivity (Wildman–Crippen MR) is 178 cm³/mol. The molecule has 0 unspecified atom stereocenters. The number of hydrazine groups is 1. The number of hydrogen-bond acceptors (Lipinski definition) is 8. The van der Waals surface area contributed by atoms with Crippen molar-refractivity contribution in [2.45, 2.75) is 35.9 Å². The van der Waals surface area contributed by atoms with Gasteiger partial charge in [0.25, 0.3) is 5.91 Å². The molecule has 0 fully saturated rings. The van der Waals surface area contributed by atoms with Gasteiger partial charge in [0.1, 0.15) is 5.75 Å². The van der Waals surface area contributed by atoms with E-state index in [9.17, 15) is 13.2 Å². The second kappa shape index (κ2) is 15.1. The van der Waals surface area contributed by atoms with Crippen LogP contribution in [-0.2, 0) is 25.9 Å².